The lowest BCUT2D eigenvalue weighted by Crippen LogP contribution is -2.39. The summed E-state index contributed by atoms with van der Waals surface area (Å²) in [5.41, 5.74) is 0.628. The Kier molecular flexibility index (Phi) is 11.6. The van der Waals surface area contributed by atoms with E-state index in [0.717, 1.165) is 16.0 Å². The third kappa shape index (κ3) is 9.12. The monoisotopic (exact) mass is 761 g/mol. The number of aromatic nitrogens is 4. The number of hydrogen-bond acceptors (Lipinski definition) is 9. The van der Waals surface area contributed by atoms with Crippen LogP contribution >= 0.6 is 11.3 Å². The van der Waals surface area contributed by atoms with Gasteiger partial charge in [0.15, 0.2) is 11.6 Å². The SMILES string of the molecule is Cc1cc(C[n+]2cnn(CC(O)(c3cc(F)c(F)cc3F)C(C)c3nc(-c4ccc(C#N)cc4)cs3)c2)cc(C)c1OC(=O)CN(C)C(=O)OC(C)(C)C. The number of halogens is 3. The number of likely N-dealkylation sites (N-methyl/N-ethyl adjacent to an activating group) is 1. The van der Waals surface area contributed by atoms with E-state index in [9.17, 15) is 23.5 Å². The summed E-state index contributed by atoms with van der Waals surface area (Å²) in [6.07, 6.45) is 2.44. The van der Waals surface area contributed by atoms with Crippen LogP contribution < -0.4 is 9.30 Å². The van der Waals surface area contributed by atoms with Gasteiger partial charge in [-0.2, -0.15) is 5.26 Å². The molecule has 15 heteroatoms. The summed E-state index contributed by atoms with van der Waals surface area (Å²) in [6, 6.07) is 13.6. The molecule has 2 unspecified atom stereocenters. The van der Waals surface area contributed by atoms with Gasteiger partial charge in [-0.05, 0) is 81.6 Å². The Bertz CT molecular complexity index is 2200. The predicted molar refractivity (Wildman–Crippen MR) is 193 cm³/mol. The van der Waals surface area contributed by atoms with Gasteiger partial charge in [0.25, 0.3) is 6.33 Å². The fraction of sp³-hybridized carbons (Fsp3) is 0.333. The number of aliphatic hydroxyl groups is 1. The molecule has 282 valence electrons. The summed E-state index contributed by atoms with van der Waals surface area (Å²) >= 11 is 1.21. The minimum absolute atomic E-state index is 0.311. The van der Waals surface area contributed by atoms with Crippen LogP contribution in [0.5, 0.6) is 5.75 Å². The maximum Gasteiger partial charge on any atom is 0.410 e. The molecule has 0 radical (unpaired) electrons. The lowest BCUT2D eigenvalue weighted by molar-refractivity contribution is -0.689. The lowest BCUT2D eigenvalue weighted by Gasteiger charge is -2.32. The average Bonchev–Trinajstić information content (AvgIpc) is 3.77. The molecule has 54 heavy (non-hydrogen) atoms. The topological polar surface area (TPSA) is 134 Å². The van der Waals surface area contributed by atoms with Gasteiger partial charge in [-0.25, -0.2) is 32.3 Å². The van der Waals surface area contributed by atoms with Crippen molar-refractivity contribution in [2.45, 2.75) is 71.8 Å². The minimum atomic E-state index is -2.14. The van der Waals surface area contributed by atoms with E-state index in [1.165, 1.54) is 29.4 Å². The highest BCUT2D eigenvalue weighted by Crippen LogP contribution is 2.42. The van der Waals surface area contributed by atoms with E-state index < -0.39 is 52.2 Å². The first kappa shape index (κ1) is 39.6. The number of thiazole rings is 1. The molecule has 1 N–H and O–H groups in total. The molecular formula is C39H40F3N6O5S+. The zero-order chi connectivity index (χ0) is 39.5. The predicted octanol–water partition coefficient (Wildman–Crippen LogP) is 6.71. The molecule has 5 aromatic rings. The van der Waals surface area contributed by atoms with Crippen LogP contribution in [0.2, 0.25) is 0 Å². The molecule has 0 aliphatic rings. The number of hydrogen-bond donors (Lipinski definition) is 1. The molecule has 0 aliphatic heterocycles. The number of nitrogens with zero attached hydrogens (tertiary/aromatic N) is 6. The smallest absolute Gasteiger partial charge is 0.410 e. The minimum Gasteiger partial charge on any atom is -0.444 e. The van der Waals surface area contributed by atoms with Crippen LogP contribution in [-0.2, 0) is 28.2 Å². The van der Waals surface area contributed by atoms with E-state index in [-0.39, 0.29) is 13.1 Å². The number of ether oxygens (including phenoxy) is 2. The fourth-order valence-electron chi connectivity index (χ4n) is 5.87. The Morgan fingerprint density at radius 3 is 2.33 bits per heavy atom. The number of amides is 1. The van der Waals surface area contributed by atoms with Crippen LogP contribution in [0.4, 0.5) is 18.0 Å². The number of carbonyl (C=O) groups is 2. The molecule has 2 heterocycles. The van der Waals surface area contributed by atoms with Crippen LogP contribution in [0.25, 0.3) is 11.3 Å². The first-order chi connectivity index (χ1) is 25.4. The highest BCUT2D eigenvalue weighted by Gasteiger charge is 2.44. The quantitative estimate of drug-likeness (QED) is 0.0680. The number of benzene rings is 3. The molecule has 2 aromatic heterocycles. The summed E-state index contributed by atoms with van der Waals surface area (Å²) in [6.45, 7) is 10.0. The average molecular weight is 762 g/mol. The molecule has 5 rings (SSSR count). The summed E-state index contributed by atoms with van der Waals surface area (Å²) in [5.74, 6) is -5.04. The second kappa shape index (κ2) is 15.8. The van der Waals surface area contributed by atoms with Crippen molar-refractivity contribution >= 4 is 23.4 Å². The third-order valence-corrected chi connectivity index (χ3v) is 9.63. The van der Waals surface area contributed by atoms with Crippen LogP contribution in [-0.4, -0.2) is 56.0 Å². The summed E-state index contributed by atoms with van der Waals surface area (Å²) in [7, 11) is 1.44. The second-order valence-electron chi connectivity index (χ2n) is 14.1. The summed E-state index contributed by atoms with van der Waals surface area (Å²) in [4.78, 5) is 30.8. The lowest BCUT2D eigenvalue weighted by atomic mass is 9.82. The Balaban J connectivity index is 1.35. The van der Waals surface area contributed by atoms with E-state index in [2.05, 4.69) is 16.2 Å². The molecule has 2 atom stereocenters. The van der Waals surface area contributed by atoms with Gasteiger partial charge in [0, 0.05) is 40.6 Å². The Labute approximate surface area is 314 Å². The van der Waals surface area contributed by atoms with Gasteiger partial charge in [-0.3, -0.25) is 0 Å². The van der Waals surface area contributed by atoms with Crippen molar-refractivity contribution in [1.29, 1.82) is 5.26 Å². The maximum atomic E-state index is 15.4. The Morgan fingerprint density at radius 2 is 1.70 bits per heavy atom. The van der Waals surface area contributed by atoms with Gasteiger partial charge < -0.3 is 19.5 Å². The van der Waals surface area contributed by atoms with E-state index in [4.69, 9.17) is 14.7 Å². The standard InChI is InChI=1S/C39H40F3N6O5S/c1-23-12-27(13-24(2)35(23)52-34(49)18-46(7)37(50)53-38(4,5)6)17-47-21-44-48(22-47)20-39(51,29-14-31(41)32(42)15-30(29)40)25(3)36-45-33(19-54-36)28-10-8-26(16-43)9-11-28/h8-15,19,21-22,25,51H,17-18,20H2,1-7H3/q+1. The van der Waals surface area contributed by atoms with Gasteiger partial charge in [0.2, 0.25) is 6.33 Å². The zero-order valence-electron chi connectivity index (χ0n) is 30.9. The van der Waals surface area contributed by atoms with Crippen molar-refractivity contribution in [2.75, 3.05) is 13.6 Å². The first-order valence-corrected chi connectivity index (χ1v) is 17.7. The molecule has 0 saturated carbocycles. The van der Waals surface area contributed by atoms with Crippen molar-refractivity contribution < 1.29 is 41.9 Å². The number of nitriles is 1. The summed E-state index contributed by atoms with van der Waals surface area (Å²) in [5, 5.41) is 28.0. The molecule has 1 amide bonds. The number of aryl methyl sites for hydroxylation is 2. The van der Waals surface area contributed by atoms with E-state index >= 15 is 4.39 Å². The highest BCUT2D eigenvalue weighted by atomic mass is 32.1. The molecule has 0 saturated heterocycles. The van der Waals surface area contributed by atoms with E-state index in [0.29, 0.717) is 51.8 Å². The van der Waals surface area contributed by atoms with Crippen LogP contribution in [0, 0.1) is 42.6 Å². The van der Waals surface area contributed by atoms with Crippen LogP contribution in [0.1, 0.15) is 66.4 Å². The summed E-state index contributed by atoms with van der Waals surface area (Å²) < 4.78 is 58.0. The Morgan fingerprint density at radius 1 is 1.06 bits per heavy atom. The molecule has 0 bridgehead atoms. The first-order valence-electron chi connectivity index (χ1n) is 16.9. The van der Waals surface area contributed by atoms with Crippen molar-refractivity contribution in [2.24, 2.45) is 0 Å². The van der Waals surface area contributed by atoms with Crippen molar-refractivity contribution in [1.82, 2.24) is 19.7 Å². The fourth-order valence-corrected chi connectivity index (χ4v) is 6.84. The molecular weight excluding hydrogens is 722 g/mol. The molecule has 0 spiro atoms. The molecule has 0 fully saturated rings. The molecule has 3 aromatic carbocycles. The van der Waals surface area contributed by atoms with Crippen molar-refractivity contribution in [3.8, 4) is 23.1 Å². The largest absolute Gasteiger partial charge is 0.444 e. The highest BCUT2D eigenvalue weighted by molar-refractivity contribution is 7.10. The molecule has 11 nitrogen and oxygen atoms in total. The van der Waals surface area contributed by atoms with Gasteiger partial charge in [-0.15, -0.1) is 16.0 Å². The zero-order valence-corrected chi connectivity index (χ0v) is 31.7. The third-order valence-electron chi connectivity index (χ3n) is 8.60. The normalized spacial score (nSPS) is 13.1. The second-order valence-corrected chi connectivity index (χ2v) is 15.0. The molecule has 0 aliphatic carbocycles. The van der Waals surface area contributed by atoms with Gasteiger partial charge >= 0.3 is 12.1 Å². The van der Waals surface area contributed by atoms with Crippen molar-refractivity contribution in [3.63, 3.8) is 0 Å². The van der Waals surface area contributed by atoms with Gasteiger partial charge in [0.05, 0.1) is 28.9 Å². The maximum absolute atomic E-state index is 15.4. The van der Waals surface area contributed by atoms with Gasteiger partial charge in [-0.1, -0.05) is 19.1 Å². The van der Waals surface area contributed by atoms with Gasteiger partial charge in [0.1, 0.15) is 35.9 Å². The number of rotatable bonds is 11. The van der Waals surface area contributed by atoms with Crippen molar-refractivity contribution in [3.05, 3.63) is 117 Å². The number of carbonyl (C=O) groups excluding carboxylic acids is 2. The van der Waals surface area contributed by atoms with E-state index in [1.807, 2.05) is 12.1 Å². The Hall–Kier alpha value is -5.59. The van der Waals surface area contributed by atoms with Crippen LogP contribution in [0.3, 0.4) is 0 Å². The number of esters is 1. The van der Waals surface area contributed by atoms with E-state index in [1.54, 1.807) is 82.1 Å². The van der Waals surface area contributed by atoms with Crippen LogP contribution in [0.15, 0.2) is 66.6 Å².